The zero-order valence-electron chi connectivity index (χ0n) is 17.1. The SMILES string of the molecule is C=NS(=O)(=O)c1cc(N=C(c2ccccc2)c2ccccc2)cnc1-c1cnn(C(F)F)c1. The van der Waals surface area contributed by atoms with Crippen molar-refractivity contribution in [2.24, 2.45) is 9.39 Å². The summed E-state index contributed by atoms with van der Waals surface area (Å²) in [7, 11) is -4.22. The number of aromatic nitrogens is 3. The molecule has 2 aromatic heterocycles. The molecule has 4 rings (SSSR count). The summed E-state index contributed by atoms with van der Waals surface area (Å²) in [5, 5.41) is 3.55. The van der Waals surface area contributed by atoms with Gasteiger partial charge in [-0.2, -0.15) is 26.7 Å². The van der Waals surface area contributed by atoms with Gasteiger partial charge >= 0.3 is 6.55 Å². The van der Waals surface area contributed by atoms with Crippen LogP contribution in [0.25, 0.3) is 11.3 Å². The molecule has 7 nitrogen and oxygen atoms in total. The highest BCUT2D eigenvalue weighted by Gasteiger charge is 2.22. The maximum Gasteiger partial charge on any atom is 0.333 e. The van der Waals surface area contributed by atoms with Gasteiger partial charge in [0.25, 0.3) is 10.0 Å². The lowest BCUT2D eigenvalue weighted by Crippen LogP contribution is -2.04. The monoisotopic (exact) mass is 465 g/mol. The zero-order chi connectivity index (χ0) is 23.4. The van der Waals surface area contributed by atoms with E-state index in [-0.39, 0.29) is 21.8 Å². The summed E-state index contributed by atoms with van der Waals surface area (Å²) < 4.78 is 54.7. The molecular weight excluding hydrogens is 448 g/mol. The zero-order valence-corrected chi connectivity index (χ0v) is 17.9. The fraction of sp³-hybridized carbons (Fsp3) is 0.0435. The van der Waals surface area contributed by atoms with Crippen LogP contribution < -0.4 is 0 Å². The fourth-order valence-corrected chi connectivity index (χ4v) is 3.99. The quantitative estimate of drug-likeness (QED) is 0.363. The van der Waals surface area contributed by atoms with Crippen LogP contribution in [0.5, 0.6) is 0 Å². The maximum absolute atomic E-state index is 12.9. The van der Waals surface area contributed by atoms with E-state index in [1.165, 1.54) is 12.3 Å². The third-order valence-electron chi connectivity index (χ3n) is 4.70. The van der Waals surface area contributed by atoms with Gasteiger partial charge in [-0.1, -0.05) is 60.7 Å². The van der Waals surface area contributed by atoms with Crippen LogP contribution in [0.2, 0.25) is 0 Å². The Labute approximate surface area is 188 Å². The van der Waals surface area contributed by atoms with Crippen molar-refractivity contribution in [3.05, 3.63) is 96.4 Å². The van der Waals surface area contributed by atoms with Gasteiger partial charge in [-0.05, 0) is 6.07 Å². The van der Waals surface area contributed by atoms with E-state index >= 15 is 0 Å². The highest BCUT2D eigenvalue weighted by atomic mass is 32.2. The second kappa shape index (κ2) is 9.21. The number of halogens is 2. The first-order valence-corrected chi connectivity index (χ1v) is 11.1. The molecule has 0 N–H and O–H groups in total. The first kappa shape index (κ1) is 22.2. The number of nitrogens with zero attached hydrogens (tertiary/aromatic N) is 5. The average Bonchev–Trinajstić information content (AvgIpc) is 3.34. The summed E-state index contributed by atoms with van der Waals surface area (Å²) in [4.78, 5) is 8.55. The topological polar surface area (TPSA) is 89.6 Å². The van der Waals surface area contributed by atoms with Gasteiger partial charge in [0.2, 0.25) is 0 Å². The molecule has 2 aromatic carbocycles. The Morgan fingerprint density at radius 1 is 0.970 bits per heavy atom. The minimum atomic E-state index is -4.22. The summed E-state index contributed by atoms with van der Waals surface area (Å²) in [5.74, 6) is 0. The lowest BCUT2D eigenvalue weighted by Gasteiger charge is -2.10. The Morgan fingerprint density at radius 3 is 2.09 bits per heavy atom. The van der Waals surface area contributed by atoms with Crippen LogP contribution in [-0.4, -0.2) is 35.6 Å². The third-order valence-corrected chi connectivity index (χ3v) is 5.90. The van der Waals surface area contributed by atoms with Gasteiger partial charge < -0.3 is 0 Å². The molecule has 0 radical (unpaired) electrons. The smallest absolute Gasteiger partial charge is 0.252 e. The Hall–Kier alpha value is -4.05. The van der Waals surface area contributed by atoms with E-state index in [1.807, 2.05) is 60.7 Å². The molecule has 0 saturated heterocycles. The standard InChI is InChI=1S/C23H17F2N5O2S/c1-26-33(31,32)20-12-19(14-27-22(20)18-13-28-30(15-18)23(24)25)29-21(16-8-4-2-5-9-16)17-10-6-3-7-11-17/h2-15,23H,1H2. The van der Waals surface area contributed by atoms with Crippen LogP contribution >= 0.6 is 0 Å². The largest absolute Gasteiger partial charge is 0.333 e. The number of hydrogen-bond acceptors (Lipinski definition) is 5. The van der Waals surface area contributed by atoms with E-state index in [4.69, 9.17) is 0 Å². The molecule has 10 heteroatoms. The van der Waals surface area contributed by atoms with Crippen LogP contribution in [0.1, 0.15) is 17.7 Å². The predicted molar refractivity (Wildman–Crippen MR) is 122 cm³/mol. The third kappa shape index (κ3) is 4.75. The van der Waals surface area contributed by atoms with Gasteiger partial charge in [0, 0.05) is 29.6 Å². The lowest BCUT2D eigenvalue weighted by molar-refractivity contribution is 0.0566. The molecule has 0 aliphatic carbocycles. The molecule has 33 heavy (non-hydrogen) atoms. The Kier molecular flexibility index (Phi) is 6.18. The molecule has 0 saturated carbocycles. The molecule has 0 aliphatic rings. The van der Waals surface area contributed by atoms with E-state index in [2.05, 4.69) is 26.2 Å². The molecule has 166 valence electrons. The molecule has 0 bridgehead atoms. The van der Waals surface area contributed by atoms with Crippen molar-refractivity contribution >= 4 is 28.1 Å². The van der Waals surface area contributed by atoms with E-state index in [0.717, 1.165) is 23.5 Å². The number of pyridine rings is 1. The van der Waals surface area contributed by atoms with Gasteiger partial charge in [-0.15, -0.1) is 0 Å². The molecule has 2 heterocycles. The minimum absolute atomic E-state index is 0.0748. The first-order chi connectivity index (χ1) is 15.9. The number of hydrogen-bond donors (Lipinski definition) is 0. The van der Waals surface area contributed by atoms with Crippen LogP contribution in [0.3, 0.4) is 0 Å². The van der Waals surface area contributed by atoms with Gasteiger partial charge in [0.1, 0.15) is 4.90 Å². The number of sulfonamides is 1. The molecule has 0 aliphatic heterocycles. The van der Waals surface area contributed by atoms with Crippen molar-refractivity contribution in [1.82, 2.24) is 14.8 Å². The molecule has 0 amide bonds. The molecule has 0 unspecified atom stereocenters. The molecule has 0 fully saturated rings. The van der Waals surface area contributed by atoms with Crippen LogP contribution in [0, 0.1) is 0 Å². The molecular formula is C23H17F2N5O2S. The van der Waals surface area contributed by atoms with E-state index < -0.39 is 16.6 Å². The Bertz CT molecular complexity index is 1380. The summed E-state index contributed by atoms with van der Waals surface area (Å²) in [6, 6.07) is 20.1. The summed E-state index contributed by atoms with van der Waals surface area (Å²) in [5.41, 5.74) is 2.50. The number of benzene rings is 2. The van der Waals surface area contributed by atoms with Crippen LogP contribution in [0.4, 0.5) is 14.5 Å². The molecule has 4 aromatic rings. The molecule has 0 spiro atoms. The average molecular weight is 465 g/mol. The summed E-state index contributed by atoms with van der Waals surface area (Å²) >= 11 is 0. The van der Waals surface area contributed by atoms with Gasteiger partial charge in [0.05, 0.1) is 29.5 Å². The fourth-order valence-electron chi connectivity index (χ4n) is 3.16. The normalized spacial score (nSPS) is 11.4. The van der Waals surface area contributed by atoms with E-state index in [1.54, 1.807) is 0 Å². The molecule has 0 atom stereocenters. The maximum atomic E-state index is 12.9. The van der Waals surface area contributed by atoms with Crippen molar-refractivity contribution in [2.75, 3.05) is 0 Å². The van der Waals surface area contributed by atoms with Crippen molar-refractivity contribution < 1.29 is 17.2 Å². The van der Waals surface area contributed by atoms with Gasteiger partial charge in [0.15, 0.2) is 0 Å². The Morgan fingerprint density at radius 2 is 1.58 bits per heavy atom. The second-order valence-corrected chi connectivity index (χ2v) is 8.47. The van der Waals surface area contributed by atoms with Gasteiger partial charge in [-0.3, -0.25) is 4.98 Å². The minimum Gasteiger partial charge on any atom is -0.252 e. The summed E-state index contributed by atoms with van der Waals surface area (Å²) in [6.07, 6.45) is 3.49. The predicted octanol–water partition coefficient (Wildman–Crippen LogP) is 4.90. The number of alkyl halides is 2. The van der Waals surface area contributed by atoms with Crippen molar-refractivity contribution in [3.63, 3.8) is 0 Å². The summed E-state index contributed by atoms with van der Waals surface area (Å²) in [6.45, 7) is 0.245. The van der Waals surface area contributed by atoms with Crippen LogP contribution in [-0.2, 0) is 10.0 Å². The number of aliphatic imine (C=N–C) groups is 1. The lowest BCUT2D eigenvalue weighted by atomic mass is 10.0. The second-order valence-electron chi connectivity index (χ2n) is 6.82. The Balaban J connectivity index is 1.89. The van der Waals surface area contributed by atoms with E-state index in [9.17, 15) is 17.2 Å². The van der Waals surface area contributed by atoms with E-state index in [0.29, 0.717) is 10.4 Å². The highest BCUT2D eigenvalue weighted by Crippen LogP contribution is 2.31. The highest BCUT2D eigenvalue weighted by molar-refractivity contribution is 7.90. The van der Waals surface area contributed by atoms with Crippen molar-refractivity contribution in [2.45, 2.75) is 11.4 Å². The van der Waals surface area contributed by atoms with Crippen molar-refractivity contribution in [1.29, 1.82) is 0 Å². The first-order valence-electron chi connectivity index (χ1n) is 9.64. The van der Waals surface area contributed by atoms with Crippen molar-refractivity contribution in [3.8, 4) is 11.3 Å². The number of rotatable bonds is 7. The van der Waals surface area contributed by atoms with Gasteiger partial charge in [-0.25, -0.2) is 9.67 Å². The van der Waals surface area contributed by atoms with Crippen LogP contribution in [0.15, 0.2) is 99.6 Å².